The van der Waals surface area contributed by atoms with Crippen LogP contribution in [0.25, 0.3) is 0 Å². The zero-order valence-corrected chi connectivity index (χ0v) is 15.5. The molecule has 0 aliphatic rings. The lowest BCUT2D eigenvalue weighted by Crippen LogP contribution is -2.11. The van der Waals surface area contributed by atoms with Gasteiger partial charge in [0.1, 0.15) is 12.4 Å². The number of benzene rings is 2. The molecule has 0 aromatic heterocycles. The summed E-state index contributed by atoms with van der Waals surface area (Å²) in [5.41, 5.74) is 9.35. The lowest BCUT2D eigenvalue weighted by molar-refractivity contribution is 0.0504. The van der Waals surface area contributed by atoms with Crippen molar-refractivity contribution in [3.8, 4) is 5.75 Å². The van der Waals surface area contributed by atoms with E-state index in [-0.39, 0.29) is 11.4 Å². The molecule has 2 aromatic rings. The van der Waals surface area contributed by atoms with Crippen molar-refractivity contribution in [2.75, 3.05) is 12.3 Å². The van der Waals surface area contributed by atoms with E-state index in [9.17, 15) is 4.79 Å². The number of esters is 1. The highest BCUT2D eigenvalue weighted by atomic mass is 16.5. The number of hydrogen-bond donors (Lipinski definition) is 1. The zero-order valence-electron chi connectivity index (χ0n) is 15.5. The van der Waals surface area contributed by atoms with Crippen LogP contribution in [0.5, 0.6) is 5.75 Å². The predicted molar refractivity (Wildman–Crippen MR) is 101 cm³/mol. The zero-order chi connectivity index (χ0) is 18.4. The normalized spacial score (nSPS) is 11.2. The van der Waals surface area contributed by atoms with Gasteiger partial charge >= 0.3 is 5.97 Å². The molecule has 0 radical (unpaired) electrons. The molecule has 0 unspecified atom stereocenters. The van der Waals surface area contributed by atoms with Crippen LogP contribution in [0.1, 0.15) is 55.6 Å². The summed E-state index contributed by atoms with van der Waals surface area (Å²) in [5, 5.41) is 0. The van der Waals surface area contributed by atoms with Crippen molar-refractivity contribution in [1.82, 2.24) is 0 Å². The van der Waals surface area contributed by atoms with Gasteiger partial charge in [0.25, 0.3) is 0 Å². The van der Waals surface area contributed by atoms with Gasteiger partial charge in [-0.1, -0.05) is 52.0 Å². The van der Waals surface area contributed by atoms with Gasteiger partial charge in [0.05, 0.1) is 17.9 Å². The first kappa shape index (κ1) is 18.8. The third-order valence-corrected chi connectivity index (χ3v) is 3.90. The second-order valence-electron chi connectivity index (χ2n) is 7.12. The number of nitrogen functional groups attached to an aromatic ring is 1. The van der Waals surface area contributed by atoms with Crippen molar-refractivity contribution in [3.05, 3.63) is 59.2 Å². The summed E-state index contributed by atoms with van der Waals surface area (Å²) in [6.45, 7) is 9.30. The topological polar surface area (TPSA) is 61.5 Å². The largest absolute Gasteiger partial charge is 0.487 e. The number of anilines is 1. The van der Waals surface area contributed by atoms with E-state index in [1.165, 1.54) is 5.56 Å². The van der Waals surface area contributed by atoms with Crippen LogP contribution in [0.15, 0.2) is 42.5 Å². The SMILES string of the molecule is CCCOC(=O)c1ccc(N)c(OCc2ccc(C(C)(C)C)cc2)c1. The molecule has 0 amide bonds. The van der Waals surface area contributed by atoms with Crippen LogP contribution in [-0.4, -0.2) is 12.6 Å². The molecule has 2 rings (SSSR count). The highest BCUT2D eigenvalue weighted by Crippen LogP contribution is 2.26. The second kappa shape index (κ2) is 8.06. The molecular formula is C21H27NO3. The van der Waals surface area contributed by atoms with E-state index in [4.69, 9.17) is 15.2 Å². The third-order valence-electron chi connectivity index (χ3n) is 3.90. The van der Waals surface area contributed by atoms with Crippen molar-refractivity contribution in [2.45, 2.75) is 46.1 Å². The molecule has 0 fully saturated rings. The van der Waals surface area contributed by atoms with Gasteiger partial charge in [0, 0.05) is 0 Å². The number of carbonyl (C=O) groups excluding carboxylic acids is 1. The summed E-state index contributed by atoms with van der Waals surface area (Å²) in [5.74, 6) is 0.132. The average molecular weight is 341 g/mol. The summed E-state index contributed by atoms with van der Waals surface area (Å²) in [6, 6.07) is 13.3. The van der Waals surface area contributed by atoms with Crippen LogP contribution >= 0.6 is 0 Å². The Kier molecular flexibility index (Phi) is 6.07. The number of carbonyl (C=O) groups is 1. The second-order valence-corrected chi connectivity index (χ2v) is 7.12. The Labute approximate surface area is 150 Å². The number of rotatable bonds is 6. The fourth-order valence-electron chi connectivity index (χ4n) is 2.33. The van der Waals surface area contributed by atoms with Crippen LogP contribution < -0.4 is 10.5 Å². The average Bonchev–Trinajstić information content (AvgIpc) is 2.58. The van der Waals surface area contributed by atoms with E-state index in [2.05, 4.69) is 45.0 Å². The van der Waals surface area contributed by atoms with Gasteiger partial charge in [-0.2, -0.15) is 0 Å². The van der Waals surface area contributed by atoms with Crippen LogP contribution in [0.2, 0.25) is 0 Å². The molecule has 134 valence electrons. The Hall–Kier alpha value is -2.49. The van der Waals surface area contributed by atoms with Gasteiger partial charge in [-0.15, -0.1) is 0 Å². The summed E-state index contributed by atoms with van der Waals surface area (Å²) in [4.78, 5) is 12.0. The summed E-state index contributed by atoms with van der Waals surface area (Å²) in [7, 11) is 0. The van der Waals surface area contributed by atoms with Crippen LogP contribution in [-0.2, 0) is 16.8 Å². The first-order valence-corrected chi connectivity index (χ1v) is 8.60. The monoisotopic (exact) mass is 341 g/mol. The minimum Gasteiger partial charge on any atom is -0.487 e. The number of nitrogens with two attached hydrogens (primary N) is 1. The van der Waals surface area contributed by atoms with E-state index >= 15 is 0 Å². The molecule has 25 heavy (non-hydrogen) atoms. The first-order valence-electron chi connectivity index (χ1n) is 8.60. The van der Waals surface area contributed by atoms with Crippen LogP contribution in [0, 0.1) is 0 Å². The Morgan fingerprint density at radius 1 is 1.08 bits per heavy atom. The fraction of sp³-hybridized carbons (Fsp3) is 0.381. The molecule has 0 spiro atoms. The standard InChI is InChI=1S/C21H27NO3/c1-5-12-24-20(23)16-8-11-18(22)19(13-16)25-14-15-6-9-17(10-7-15)21(2,3)4/h6-11,13H,5,12,14,22H2,1-4H3. The molecule has 0 bridgehead atoms. The van der Waals surface area contributed by atoms with Gasteiger partial charge in [0.2, 0.25) is 0 Å². The molecule has 0 saturated heterocycles. The quantitative estimate of drug-likeness (QED) is 0.610. The van der Waals surface area contributed by atoms with Crippen molar-refractivity contribution in [2.24, 2.45) is 0 Å². The van der Waals surface area contributed by atoms with Crippen molar-refractivity contribution >= 4 is 11.7 Å². The van der Waals surface area contributed by atoms with Crippen molar-refractivity contribution in [3.63, 3.8) is 0 Å². The minimum absolute atomic E-state index is 0.122. The lowest BCUT2D eigenvalue weighted by atomic mass is 9.87. The van der Waals surface area contributed by atoms with Crippen LogP contribution in [0.3, 0.4) is 0 Å². The van der Waals surface area contributed by atoms with Gasteiger partial charge in [0.15, 0.2) is 0 Å². The van der Waals surface area contributed by atoms with Crippen LogP contribution in [0.4, 0.5) is 5.69 Å². The Bertz CT molecular complexity index is 715. The fourth-order valence-corrected chi connectivity index (χ4v) is 2.33. The smallest absolute Gasteiger partial charge is 0.338 e. The Morgan fingerprint density at radius 3 is 2.36 bits per heavy atom. The molecule has 4 heteroatoms. The highest BCUT2D eigenvalue weighted by Gasteiger charge is 2.13. The molecule has 0 aliphatic heterocycles. The van der Waals surface area contributed by atoms with Gasteiger partial charge < -0.3 is 15.2 Å². The maximum Gasteiger partial charge on any atom is 0.338 e. The van der Waals surface area contributed by atoms with Crippen molar-refractivity contribution in [1.29, 1.82) is 0 Å². The molecule has 0 aliphatic carbocycles. The summed E-state index contributed by atoms with van der Waals surface area (Å²) in [6.07, 6.45) is 0.786. The van der Waals surface area contributed by atoms with E-state index in [0.29, 0.717) is 30.2 Å². The Morgan fingerprint density at radius 2 is 1.76 bits per heavy atom. The highest BCUT2D eigenvalue weighted by molar-refractivity contribution is 5.90. The van der Waals surface area contributed by atoms with E-state index in [0.717, 1.165) is 12.0 Å². The predicted octanol–water partition coefficient (Wildman–Crippen LogP) is 4.71. The molecule has 2 N–H and O–H groups in total. The van der Waals surface area contributed by atoms with Gasteiger partial charge in [-0.25, -0.2) is 4.79 Å². The van der Waals surface area contributed by atoms with Gasteiger partial charge in [-0.3, -0.25) is 0 Å². The molecule has 4 nitrogen and oxygen atoms in total. The number of ether oxygens (including phenoxy) is 2. The maximum atomic E-state index is 12.0. The summed E-state index contributed by atoms with van der Waals surface area (Å²) >= 11 is 0. The van der Waals surface area contributed by atoms with E-state index < -0.39 is 0 Å². The third kappa shape index (κ3) is 5.24. The van der Waals surface area contributed by atoms with Crippen molar-refractivity contribution < 1.29 is 14.3 Å². The molecule has 0 saturated carbocycles. The molecular weight excluding hydrogens is 314 g/mol. The van der Waals surface area contributed by atoms with E-state index in [1.807, 2.05) is 6.92 Å². The summed E-state index contributed by atoms with van der Waals surface area (Å²) < 4.78 is 11.0. The lowest BCUT2D eigenvalue weighted by Gasteiger charge is -2.19. The minimum atomic E-state index is -0.360. The van der Waals surface area contributed by atoms with Gasteiger partial charge in [-0.05, 0) is 41.2 Å². The molecule has 0 heterocycles. The molecule has 2 aromatic carbocycles. The first-order chi connectivity index (χ1) is 11.8. The number of hydrogen-bond acceptors (Lipinski definition) is 4. The van der Waals surface area contributed by atoms with E-state index in [1.54, 1.807) is 18.2 Å². The maximum absolute atomic E-state index is 12.0. The molecule has 0 atom stereocenters. The Balaban J connectivity index is 2.06.